The van der Waals surface area contributed by atoms with Gasteiger partial charge in [0.1, 0.15) is 0 Å². The summed E-state index contributed by atoms with van der Waals surface area (Å²) in [4.78, 5) is 25.1. The van der Waals surface area contributed by atoms with E-state index in [4.69, 9.17) is 0 Å². The summed E-state index contributed by atoms with van der Waals surface area (Å²) in [6.07, 6.45) is 0.839. The van der Waals surface area contributed by atoms with Gasteiger partial charge in [-0.15, -0.1) is 0 Å². The lowest BCUT2D eigenvalue weighted by Crippen LogP contribution is -2.37. The fourth-order valence-corrected chi connectivity index (χ4v) is 3.50. The molecule has 2 rings (SSSR count). The summed E-state index contributed by atoms with van der Waals surface area (Å²) in [5.74, 6) is 1.17. The SMILES string of the molecule is CC(CC(=O)c1ccc(C(C)C)cc1)NC(C)CC(=O)c1ccc(C(C)C)cc1. The van der Waals surface area contributed by atoms with Crippen molar-refractivity contribution in [2.45, 2.75) is 78.3 Å². The molecule has 0 saturated carbocycles. The molecule has 2 unspecified atom stereocenters. The quantitative estimate of drug-likeness (QED) is 0.493. The summed E-state index contributed by atoms with van der Waals surface area (Å²) >= 11 is 0. The molecular weight excluding hydrogens is 358 g/mol. The molecule has 0 heterocycles. The molecule has 1 N–H and O–H groups in total. The number of rotatable bonds is 10. The fraction of sp³-hybridized carbons (Fsp3) is 0.462. The van der Waals surface area contributed by atoms with Crippen molar-refractivity contribution in [2.75, 3.05) is 0 Å². The molecule has 0 amide bonds. The Morgan fingerprint density at radius 3 is 1.21 bits per heavy atom. The fourth-order valence-electron chi connectivity index (χ4n) is 3.50. The van der Waals surface area contributed by atoms with Crippen LogP contribution in [0.25, 0.3) is 0 Å². The van der Waals surface area contributed by atoms with Crippen LogP contribution in [0.1, 0.15) is 98.1 Å². The minimum Gasteiger partial charge on any atom is -0.311 e. The van der Waals surface area contributed by atoms with Gasteiger partial charge < -0.3 is 5.32 Å². The van der Waals surface area contributed by atoms with E-state index in [2.05, 4.69) is 33.0 Å². The normalized spacial score (nSPS) is 13.5. The molecule has 2 aromatic rings. The molecule has 0 bridgehead atoms. The molecule has 0 aliphatic rings. The molecule has 156 valence electrons. The van der Waals surface area contributed by atoms with Crippen LogP contribution >= 0.6 is 0 Å². The van der Waals surface area contributed by atoms with Crippen LogP contribution in [-0.2, 0) is 0 Å². The molecule has 0 radical (unpaired) electrons. The van der Waals surface area contributed by atoms with Crippen molar-refractivity contribution in [1.29, 1.82) is 0 Å². The van der Waals surface area contributed by atoms with Crippen LogP contribution in [-0.4, -0.2) is 23.7 Å². The van der Waals surface area contributed by atoms with Gasteiger partial charge in [-0.1, -0.05) is 76.2 Å². The molecule has 2 atom stereocenters. The third-order valence-corrected chi connectivity index (χ3v) is 5.35. The average Bonchev–Trinajstić information content (AvgIpc) is 2.67. The lowest BCUT2D eigenvalue weighted by atomic mass is 9.97. The maximum atomic E-state index is 12.5. The Labute approximate surface area is 175 Å². The zero-order chi connectivity index (χ0) is 21.6. The molecular formula is C26H35NO2. The van der Waals surface area contributed by atoms with Crippen molar-refractivity contribution in [1.82, 2.24) is 5.32 Å². The number of nitrogens with one attached hydrogen (secondary N) is 1. The van der Waals surface area contributed by atoms with E-state index >= 15 is 0 Å². The van der Waals surface area contributed by atoms with Crippen LogP contribution in [0.4, 0.5) is 0 Å². The standard InChI is InChI=1S/C26H35NO2/c1-17(2)21-7-11-23(12-8-21)25(28)15-19(5)27-20(6)16-26(29)24-13-9-22(10-14-24)18(3)4/h7-14,17-20,27H,15-16H2,1-6H3. The molecule has 0 saturated heterocycles. The Morgan fingerprint density at radius 2 is 0.931 bits per heavy atom. The van der Waals surface area contributed by atoms with E-state index < -0.39 is 0 Å². The number of benzene rings is 2. The molecule has 0 aliphatic heterocycles. The highest BCUT2D eigenvalue weighted by molar-refractivity contribution is 5.97. The van der Waals surface area contributed by atoms with Crippen molar-refractivity contribution >= 4 is 11.6 Å². The lowest BCUT2D eigenvalue weighted by Gasteiger charge is -2.19. The highest BCUT2D eigenvalue weighted by atomic mass is 16.1. The van der Waals surface area contributed by atoms with Crippen molar-refractivity contribution < 1.29 is 9.59 Å². The first-order valence-electron chi connectivity index (χ1n) is 10.7. The number of hydrogen-bond donors (Lipinski definition) is 1. The van der Waals surface area contributed by atoms with Crippen molar-refractivity contribution in [2.24, 2.45) is 0 Å². The van der Waals surface area contributed by atoms with Gasteiger partial charge in [-0.05, 0) is 36.8 Å². The topological polar surface area (TPSA) is 46.2 Å². The number of ketones is 2. The van der Waals surface area contributed by atoms with Gasteiger partial charge in [0.05, 0.1) is 0 Å². The van der Waals surface area contributed by atoms with Crippen LogP contribution in [0.5, 0.6) is 0 Å². The Balaban J connectivity index is 1.85. The molecule has 29 heavy (non-hydrogen) atoms. The van der Waals surface area contributed by atoms with Gasteiger partial charge in [-0.25, -0.2) is 0 Å². The summed E-state index contributed by atoms with van der Waals surface area (Å²) in [7, 11) is 0. The Kier molecular flexibility index (Phi) is 8.33. The second-order valence-electron chi connectivity index (χ2n) is 8.78. The van der Waals surface area contributed by atoms with Gasteiger partial charge in [0.25, 0.3) is 0 Å². The van der Waals surface area contributed by atoms with Crippen molar-refractivity contribution in [3.8, 4) is 0 Å². The number of Topliss-reactive ketones (excluding diaryl/α,β-unsaturated/α-hetero) is 2. The van der Waals surface area contributed by atoms with Gasteiger partial charge in [-0.3, -0.25) is 9.59 Å². The third-order valence-electron chi connectivity index (χ3n) is 5.35. The zero-order valence-electron chi connectivity index (χ0n) is 18.7. The van der Waals surface area contributed by atoms with Gasteiger partial charge in [0.2, 0.25) is 0 Å². The first-order chi connectivity index (χ1) is 13.7. The number of hydrogen-bond acceptors (Lipinski definition) is 3. The molecule has 0 aliphatic carbocycles. The molecule has 0 fully saturated rings. The number of carbonyl (C=O) groups is 2. The summed E-state index contributed by atoms with van der Waals surface area (Å²) < 4.78 is 0. The average molecular weight is 394 g/mol. The Bertz CT molecular complexity index is 734. The third kappa shape index (κ3) is 6.93. The van der Waals surface area contributed by atoms with E-state index in [-0.39, 0.29) is 23.7 Å². The second kappa shape index (κ2) is 10.5. The van der Waals surface area contributed by atoms with E-state index in [0.29, 0.717) is 24.7 Å². The maximum absolute atomic E-state index is 12.5. The van der Waals surface area contributed by atoms with E-state index in [1.807, 2.05) is 62.4 Å². The van der Waals surface area contributed by atoms with E-state index in [0.717, 1.165) is 11.1 Å². The predicted molar refractivity (Wildman–Crippen MR) is 121 cm³/mol. The first-order valence-corrected chi connectivity index (χ1v) is 10.7. The summed E-state index contributed by atoms with van der Waals surface area (Å²) in [5.41, 5.74) is 3.97. The summed E-state index contributed by atoms with van der Waals surface area (Å²) in [5, 5.41) is 3.40. The Hall–Kier alpha value is -2.26. The second-order valence-corrected chi connectivity index (χ2v) is 8.78. The predicted octanol–water partition coefficient (Wildman–Crippen LogP) is 6.15. The Morgan fingerprint density at radius 1 is 0.621 bits per heavy atom. The number of carbonyl (C=O) groups excluding carboxylic acids is 2. The van der Waals surface area contributed by atoms with Gasteiger partial charge in [0.15, 0.2) is 11.6 Å². The highest BCUT2D eigenvalue weighted by Crippen LogP contribution is 2.17. The van der Waals surface area contributed by atoms with Crippen LogP contribution in [0.15, 0.2) is 48.5 Å². The van der Waals surface area contributed by atoms with Gasteiger partial charge in [0, 0.05) is 36.1 Å². The molecule has 0 spiro atoms. The summed E-state index contributed by atoms with van der Waals surface area (Å²) in [6.45, 7) is 12.6. The lowest BCUT2D eigenvalue weighted by molar-refractivity contribution is 0.0962. The highest BCUT2D eigenvalue weighted by Gasteiger charge is 2.16. The smallest absolute Gasteiger partial charge is 0.164 e. The monoisotopic (exact) mass is 393 g/mol. The van der Waals surface area contributed by atoms with Crippen LogP contribution in [0.2, 0.25) is 0 Å². The zero-order valence-corrected chi connectivity index (χ0v) is 18.7. The van der Waals surface area contributed by atoms with E-state index in [1.165, 1.54) is 11.1 Å². The molecule has 2 aromatic carbocycles. The summed E-state index contributed by atoms with van der Waals surface area (Å²) in [6, 6.07) is 15.8. The van der Waals surface area contributed by atoms with E-state index in [9.17, 15) is 9.59 Å². The maximum Gasteiger partial charge on any atom is 0.164 e. The largest absolute Gasteiger partial charge is 0.311 e. The van der Waals surface area contributed by atoms with E-state index in [1.54, 1.807) is 0 Å². The molecule has 3 heteroatoms. The van der Waals surface area contributed by atoms with Crippen LogP contribution < -0.4 is 5.32 Å². The van der Waals surface area contributed by atoms with Crippen LogP contribution in [0.3, 0.4) is 0 Å². The van der Waals surface area contributed by atoms with Crippen molar-refractivity contribution in [3.63, 3.8) is 0 Å². The first kappa shape index (κ1) is 23.0. The molecule has 3 nitrogen and oxygen atoms in total. The minimum absolute atomic E-state index is 0.0124. The van der Waals surface area contributed by atoms with Gasteiger partial charge >= 0.3 is 0 Å². The van der Waals surface area contributed by atoms with Gasteiger partial charge in [-0.2, -0.15) is 0 Å². The molecule has 0 aromatic heterocycles. The van der Waals surface area contributed by atoms with Crippen LogP contribution in [0, 0.1) is 0 Å². The van der Waals surface area contributed by atoms with Crippen molar-refractivity contribution in [3.05, 3.63) is 70.8 Å². The minimum atomic E-state index is 0.0124.